The molecule has 0 saturated carbocycles. The van der Waals surface area contributed by atoms with Gasteiger partial charge in [-0.25, -0.2) is 5.43 Å². The second-order valence-corrected chi connectivity index (χ2v) is 5.80. The van der Waals surface area contributed by atoms with Crippen LogP contribution in [0.1, 0.15) is 11.1 Å². The van der Waals surface area contributed by atoms with Crippen molar-refractivity contribution in [1.29, 1.82) is 0 Å². The molecular weight excluding hydrogens is 326 g/mol. The second-order valence-electron chi connectivity index (χ2n) is 5.80. The molecule has 0 saturated heterocycles. The number of nitrogens with one attached hydrogen (secondary N) is 2. The van der Waals surface area contributed by atoms with Crippen LogP contribution in [0.4, 0.5) is 5.69 Å². The zero-order valence-corrected chi connectivity index (χ0v) is 14.8. The largest absolute Gasteiger partial charge is 0.493 e. The third kappa shape index (κ3) is 5.22. The molecule has 0 radical (unpaired) electrons. The Labute approximate surface area is 154 Å². The van der Waals surface area contributed by atoms with Gasteiger partial charge in [0.2, 0.25) is 0 Å². The van der Waals surface area contributed by atoms with Crippen LogP contribution in [0.25, 0.3) is 0 Å². The van der Waals surface area contributed by atoms with Gasteiger partial charge in [0.25, 0.3) is 0 Å². The van der Waals surface area contributed by atoms with Crippen molar-refractivity contribution in [1.82, 2.24) is 10.4 Å². The van der Waals surface area contributed by atoms with Crippen LogP contribution in [0.2, 0.25) is 0 Å². The van der Waals surface area contributed by atoms with E-state index in [2.05, 4.69) is 21.9 Å². The minimum Gasteiger partial charge on any atom is -0.493 e. The number of hydrogen-bond donors (Lipinski definition) is 2. The van der Waals surface area contributed by atoms with Gasteiger partial charge in [-0.1, -0.05) is 36.4 Å². The molecular formula is C21H23N3O2. The van der Waals surface area contributed by atoms with E-state index < -0.39 is 0 Å². The lowest BCUT2D eigenvalue weighted by molar-refractivity contribution is 0.284. The van der Waals surface area contributed by atoms with Crippen molar-refractivity contribution in [3.8, 4) is 11.5 Å². The summed E-state index contributed by atoms with van der Waals surface area (Å²) in [7, 11) is 1.66. The lowest BCUT2D eigenvalue weighted by atomic mass is 10.1. The Hall–Kier alpha value is -3.05. The molecule has 134 valence electrons. The molecule has 0 aliphatic heterocycles. The zero-order chi connectivity index (χ0) is 18.0. The highest BCUT2D eigenvalue weighted by molar-refractivity contribution is 5.43. The van der Waals surface area contributed by atoms with E-state index in [4.69, 9.17) is 9.47 Å². The van der Waals surface area contributed by atoms with E-state index in [-0.39, 0.29) is 0 Å². The predicted octanol–water partition coefficient (Wildman–Crippen LogP) is 3.83. The summed E-state index contributed by atoms with van der Waals surface area (Å²) >= 11 is 0. The van der Waals surface area contributed by atoms with Gasteiger partial charge in [-0.05, 0) is 41.8 Å². The monoisotopic (exact) mass is 349 g/mol. The van der Waals surface area contributed by atoms with Crippen LogP contribution in [0.3, 0.4) is 0 Å². The molecule has 2 aromatic carbocycles. The second kappa shape index (κ2) is 9.44. The highest BCUT2D eigenvalue weighted by Gasteiger charge is 2.06. The SMILES string of the molecule is COc1ccc(CCNNc2ccncc2)cc1OCc1ccccc1. The number of methoxy groups -OCH3 is 1. The summed E-state index contributed by atoms with van der Waals surface area (Å²) in [6, 6.07) is 20.0. The fraction of sp³-hybridized carbons (Fsp3) is 0.190. The number of rotatable bonds is 9. The number of benzene rings is 2. The highest BCUT2D eigenvalue weighted by Crippen LogP contribution is 2.29. The average molecular weight is 349 g/mol. The Kier molecular flexibility index (Phi) is 6.45. The maximum absolute atomic E-state index is 5.96. The first kappa shape index (κ1) is 17.8. The molecule has 3 aromatic rings. The Balaban J connectivity index is 1.54. The van der Waals surface area contributed by atoms with E-state index in [1.54, 1.807) is 19.5 Å². The van der Waals surface area contributed by atoms with E-state index in [1.165, 1.54) is 5.56 Å². The van der Waals surface area contributed by atoms with Crippen LogP contribution < -0.4 is 20.3 Å². The minimum atomic E-state index is 0.516. The number of aromatic nitrogens is 1. The van der Waals surface area contributed by atoms with Crippen molar-refractivity contribution in [3.63, 3.8) is 0 Å². The molecule has 5 heteroatoms. The topological polar surface area (TPSA) is 55.4 Å². The van der Waals surface area contributed by atoms with E-state index in [9.17, 15) is 0 Å². The molecule has 26 heavy (non-hydrogen) atoms. The summed E-state index contributed by atoms with van der Waals surface area (Å²) < 4.78 is 11.4. The molecule has 0 atom stereocenters. The minimum absolute atomic E-state index is 0.516. The summed E-state index contributed by atoms with van der Waals surface area (Å²) in [6.45, 7) is 1.30. The summed E-state index contributed by atoms with van der Waals surface area (Å²) in [5, 5.41) is 0. The number of anilines is 1. The van der Waals surface area contributed by atoms with E-state index >= 15 is 0 Å². The normalized spacial score (nSPS) is 10.3. The predicted molar refractivity (Wildman–Crippen MR) is 103 cm³/mol. The van der Waals surface area contributed by atoms with E-state index in [0.29, 0.717) is 6.61 Å². The fourth-order valence-corrected chi connectivity index (χ4v) is 2.53. The lowest BCUT2D eigenvalue weighted by Gasteiger charge is -2.13. The molecule has 0 unspecified atom stereocenters. The fourth-order valence-electron chi connectivity index (χ4n) is 2.53. The Morgan fingerprint density at radius 3 is 2.46 bits per heavy atom. The molecule has 5 nitrogen and oxygen atoms in total. The first-order chi connectivity index (χ1) is 12.8. The summed E-state index contributed by atoms with van der Waals surface area (Å²) in [5.41, 5.74) is 9.65. The standard InChI is InChI=1S/C21H23N3O2/c1-25-20-8-7-17(9-14-23-24-19-10-12-22-13-11-19)15-21(20)26-16-18-5-3-2-4-6-18/h2-8,10-13,15,23H,9,14,16H2,1H3,(H,22,24). The Morgan fingerprint density at radius 2 is 1.69 bits per heavy atom. The molecule has 0 aliphatic rings. The van der Waals surface area contributed by atoms with Crippen molar-refractivity contribution in [2.24, 2.45) is 0 Å². The highest BCUT2D eigenvalue weighted by atomic mass is 16.5. The van der Waals surface area contributed by atoms with Crippen LogP contribution in [-0.2, 0) is 13.0 Å². The lowest BCUT2D eigenvalue weighted by Crippen LogP contribution is -2.24. The molecule has 1 aromatic heterocycles. The quantitative estimate of drug-likeness (QED) is 0.454. The van der Waals surface area contributed by atoms with Gasteiger partial charge >= 0.3 is 0 Å². The van der Waals surface area contributed by atoms with Crippen molar-refractivity contribution in [3.05, 3.63) is 84.2 Å². The van der Waals surface area contributed by atoms with E-state index in [0.717, 1.165) is 35.7 Å². The van der Waals surface area contributed by atoms with Crippen molar-refractivity contribution < 1.29 is 9.47 Å². The Morgan fingerprint density at radius 1 is 0.885 bits per heavy atom. The Bertz CT molecular complexity index is 795. The van der Waals surface area contributed by atoms with Crippen LogP contribution in [0.15, 0.2) is 73.1 Å². The maximum Gasteiger partial charge on any atom is 0.161 e. The molecule has 1 heterocycles. The first-order valence-electron chi connectivity index (χ1n) is 8.57. The molecule has 3 rings (SSSR count). The van der Waals surface area contributed by atoms with Crippen LogP contribution in [-0.4, -0.2) is 18.6 Å². The number of nitrogens with zero attached hydrogens (tertiary/aromatic N) is 1. The number of hydrogen-bond acceptors (Lipinski definition) is 5. The van der Waals surface area contributed by atoms with Crippen molar-refractivity contribution in [2.75, 3.05) is 19.1 Å². The van der Waals surface area contributed by atoms with Gasteiger partial charge in [0.15, 0.2) is 11.5 Å². The zero-order valence-electron chi connectivity index (χ0n) is 14.8. The molecule has 0 bridgehead atoms. The number of ether oxygens (including phenoxy) is 2. The van der Waals surface area contributed by atoms with Gasteiger partial charge in [-0.2, -0.15) is 0 Å². The van der Waals surface area contributed by atoms with Crippen molar-refractivity contribution in [2.45, 2.75) is 13.0 Å². The molecule has 0 spiro atoms. The smallest absolute Gasteiger partial charge is 0.161 e. The molecule has 2 N–H and O–H groups in total. The third-order valence-electron chi connectivity index (χ3n) is 3.92. The van der Waals surface area contributed by atoms with Gasteiger partial charge in [0, 0.05) is 18.9 Å². The number of pyridine rings is 1. The average Bonchev–Trinajstić information content (AvgIpc) is 2.71. The van der Waals surface area contributed by atoms with Crippen LogP contribution in [0.5, 0.6) is 11.5 Å². The summed E-state index contributed by atoms with van der Waals surface area (Å²) in [5.74, 6) is 1.50. The van der Waals surface area contributed by atoms with Gasteiger partial charge in [-0.15, -0.1) is 0 Å². The van der Waals surface area contributed by atoms with Gasteiger partial charge in [0.1, 0.15) is 6.61 Å². The maximum atomic E-state index is 5.96. The summed E-state index contributed by atoms with van der Waals surface area (Å²) in [6.07, 6.45) is 4.37. The van der Waals surface area contributed by atoms with Crippen LogP contribution >= 0.6 is 0 Å². The molecule has 0 fully saturated rings. The van der Waals surface area contributed by atoms with Crippen molar-refractivity contribution >= 4 is 5.69 Å². The molecule has 0 amide bonds. The molecule has 0 aliphatic carbocycles. The van der Waals surface area contributed by atoms with Gasteiger partial charge in [0.05, 0.1) is 12.8 Å². The van der Waals surface area contributed by atoms with E-state index in [1.807, 2.05) is 54.6 Å². The van der Waals surface area contributed by atoms with Gasteiger partial charge < -0.3 is 14.9 Å². The van der Waals surface area contributed by atoms with Gasteiger partial charge in [-0.3, -0.25) is 4.98 Å². The summed E-state index contributed by atoms with van der Waals surface area (Å²) in [4.78, 5) is 3.99. The number of hydrazine groups is 1. The first-order valence-corrected chi connectivity index (χ1v) is 8.57. The van der Waals surface area contributed by atoms with Crippen LogP contribution in [0, 0.1) is 0 Å². The third-order valence-corrected chi connectivity index (χ3v) is 3.92.